The third-order valence-electron chi connectivity index (χ3n) is 1.23. The smallest absolute Gasteiger partial charge is 0.0806 e. The van der Waals surface area contributed by atoms with Crippen LogP contribution in [0.1, 0.15) is 14.3 Å². The quantitative estimate of drug-likeness (QED) is 0.516. The summed E-state index contributed by atoms with van der Waals surface area (Å²) in [4.78, 5) is 0. The second-order valence-electron chi connectivity index (χ2n) is 1.82. The Hall–Kier alpha value is -0.0800. The van der Waals surface area contributed by atoms with E-state index >= 15 is 0 Å². The Kier molecular flexibility index (Phi) is 1.65. The molecule has 1 heterocycles. The first-order valence-corrected chi connectivity index (χ1v) is 2.66. The third kappa shape index (κ3) is 1.14. The molecule has 0 amide bonds. The topological polar surface area (TPSA) is 29.5 Å². The number of ether oxygens (including phenoxy) is 1. The van der Waals surface area contributed by atoms with Crippen LogP contribution in [0.15, 0.2) is 0 Å². The van der Waals surface area contributed by atoms with Crippen molar-refractivity contribution < 1.29 is 11.3 Å². The zero-order valence-corrected chi connectivity index (χ0v) is 4.26. The van der Waals surface area contributed by atoms with Crippen LogP contribution in [0.2, 0.25) is 0 Å². The van der Waals surface area contributed by atoms with Gasteiger partial charge in [0.2, 0.25) is 0 Å². The van der Waals surface area contributed by atoms with Gasteiger partial charge in [0, 0.05) is 8.03 Å². The van der Waals surface area contributed by atoms with Gasteiger partial charge in [-0.3, -0.25) is 0 Å². The Morgan fingerprint density at radius 2 is 2.71 bits per heavy atom. The molecule has 1 saturated heterocycles. The van der Waals surface area contributed by atoms with Gasteiger partial charge in [-0.1, -0.05) is 0 Å². The van der Waals surface area contributed by atoms with Crippen molar-refractivity contribution in [2.45, 2.75) is 18.9 Å². The molecule has 1 radical (unpaired) electrons. The van der Waals surface area contributed by atoms with E-state index < -0.39 is 0 Å². The lowest BCUT2D eigenvalue weighted by atomic mass is 10.2. The molecule has 2 heteroatoms. The van der Waals surface area contributed by atoms with E-state index in [1.807, 2.05) is 0 Å². The first-order chi connectivity index (χ1) is 3.43. The Morgan fingerprint density at radius 3 is 3.00 bits per heavy atom. The van der Waals surface area contributed by atoms with E-state index in [0.717, 1.165) is 19.4 Å². The monoisotopic (exact) mass is 103 g/mol. The number of rotatable bonds is 1. The van der Waals surface area contributed by atoms with Crippen molar-refractivity contribution in [2.24, 2.45) is 0 Å². The maximum Gasteiger partial charge on any atom is 0.0806 e. The zero-order chi connectivity index (χ0) is 5.11. The van der Waals surface area contributed by atoms with E-state index in [1.165, 1.54) is 0 Å². The minimum absolute atomic E-state index is 0. The second-order valence-corrected chi connectivity index (χ2v) is 1.82. The largest absolute Gasteiger partial charge is 0.394 e. The van der Waals surface area contributed by atoms with Crippen LogP contribution in [-0.4, -0.2) is 24.4 Å². The zero-order valence-electron chi connectivity index (χ0n) is 5.26. The molecule has 1 unspecified atom stereocenters. The van der Waals surface area contributed by atoms with Crippen LogP contribution >= 0.6 is 0 Å². The highest BCUT2D eigenvalue weighted by atomic mass is 16.5. The average Bonchev–Trinajstić information content (AvgIpc) is 2.14. The van der Waals surface area contributed by atoms with Gasteiger partial charge < -0.3 is 9.84 Å². The molecule has 1 aliphatic rings. The Balaban J connectivity index is 0.000000490. The molecule has 43 valence electrons. The van der Waals surface area contributed by atoms with Crippen LogP contribution in [-0.2, 0) is 4.74 Å². The predicted octanol–water partition coefficient (Wildman–Crippen LogP) is 0.270. The van der Waals surface area contributed by atoms with Gasteiger partial charge >= 0.3 is 0 Å². The highest BCUT2D eigenvalue weighted by Crippen LogP contribution is 2.09. The van der Waals surface area contributed by atoms with Crippen LogP contribution < -0.4 is 0 Å². The maximum atomic E-state index is 8.44. The van der Waals surface area contributed by atoms with Crippen LogP contribution in [0.3, 0.4) is 0 Å². The Bertz CT molecular complexity index is 52.4. The van der Waals surface area contributed by atoms with Gasteiger partial charge in [0.05, 0.1) is 12.7 Å². The van der Waals surface area contributed by atoms with Crippen LogP contribution in [0, 0.1) is 0 Å². The first kappa shape index (κ1) is 5.06. The van der Waals surface area contributed by atoms with Crippen LogP contribution in [0.5, 0.6) is 0 Å². The predicted molar refractivity (Wildman–Crippen MR) is 27.2 cm³/mol. The SMILES string of the molecule is OCC1CCCO1.[H]. The minimum Gasteiger partial charge on any atom is -0.394 e. The maximum absolute atomic E-state index is 8.44. The molecular weight excluding hydrogens is 92.1 g/mol. The summed E-state index contributed by atoms with van der Waals surface area (Å²) in [6.45, 7) is 1.03. The van der Waals surface area contributed by atoms with Gasteiger partial charge in [-0.2, -0.15) is 0 Å². The van der Waals surface area contributed by atoms with Crippen LogP contribution in [0.25, 0.3) is 0 Å². The Morgan fingerprint density at radius 1 is 1.86 bits per heavy atom. The van der Waals surface area contributed by atoms with E-state index in [0.29, 0.717) is 0 Å². The molecule has 0 saturated carbocycles. The summed E-state index contributed by atoms with van der Waals surface area (Å²) >= 11 is 0. The first-order valence-electron chi connectivity index (χ1n) is 2.66. The highest BCUT2D eigenvalue weighted by molar-refractivity contribution is 4.61. The fraction of sp³-hybridized carbons (Fsp3) is 1.00. The lowest BCUT2D eigenvalue weighted by Crippen LogP contribution is -2.09. The van der Waals surface area contributed by atoms with Gasteiger partial charge in [-0.25, -0.2) is 0 Å². The summed E-state index contributed by atoms with van der Waals surface area (Å²) in [6, 6.07) is 0. The minimum atomic E-state index is 0. The molecule has 2 nitrogen and oxygen atoms in total. The molecular formula is C5H11O2. The lowest BCUT2D eigenvalue weighted by molar-refractivity contribution is 0.0591. The molecule has 1 rings (SSSR count). The third-order valence-corrected chi connectivity index (χ3v) is 1.23. The molecule has 0 bridgehead atoms. The van der Waals surface area contributed by atoms with E-state index in [2.05, 4.69) is 0 Å². The lowest BCUT2D eigenvalue weighted by Gasteiger charge is -2.00. The Labute approximate surface area is 44.6 Å². The summed E-state index contributed by atoms with van der Waals surface area (Å²) in [6.07, 6.45) is 2.31. The van der Waals surface area contributed by atoms with Crippen molar-refractivity contribution in [1.29, 1.82) is 0 Å². The fourth-order valence-electron chi connectivity index (χ4n) is 0.788. The van der Waals surface area contributed by atoms with Gasteiger partial charge in [0.15, 0.2) is 0 Å². The molecule has 0 aliphatic carbocycles. The second kappa shape index (κ2) is 2.28. The molecule has 1 N–H and O–H groups in total. The number of hydrogen-bond acceptors (Lipinski definition) is 2. The van der Waals surface area contributed by atoms with Gasteiger partial charge in [0.1, 0.15) is 0 Å². The van der Waals surface area contributed by atoms with E-state index in [1.54, 1.807) is 0 Å². The summed E-state index contributed by atoms with van der Waals surface area (Å²) < 4.78 is 5.05. The summed E-state index contributed by atoms with van der Waals surface area (Å²) in [5, 5.41) is 8.44. The highest BCUT2D eigenvalue weighted by Gasteiger charge is 2.12. The van der Waals surface area contributed by atoms with Crippen molar-refractivity contribution in [3.63, 3.8) is 0 Å². The van der Waals surface area contributed by atoms with Crippen molar-refractivity contribution in [2.75, 3.05) is 13.2 Å². The van der Waals surface area contributed by atoms with Crippen molar-refractivity contribution >= 4 is 0 Å². The molecule has 0 aromatic rings. The molecule has 0 aromatic carbocycles. The number of aliphatic hydroxyl groups is 1. The molecule has 7 heavy (non-hydrogen) atoms. The normalized spacial score (nSPS) is 31.3. The molecule has 0 spiro atoms. The van der Waals surface area contributed by atoms with Crippen LogP contribution in [0.4, 0.5) is 0 Å². The average molecular weight is 103 g/mol. The van der Waals surface area contributed by atoms with Gasteiger partial charge in [-0.15, -0.1) is 0 Å². The van der Waals surface area contributed by atoms with Gasteiger partial charge in [0.25, 0.3) is 0 Å². The molecule has 1 atom stereocenters. The summed E-state index contributed by atoms with van der Waals surface area (Å²) in [5.74, 6) is 0. The number of aliphatic hydroxyl groups excluding tert-OH is 1. The van der Waals surface area contributed by atoms with Gasteiger partial charge in [-0.05, 0) is 12.8 Å². The summed E-state index contributed by atoms with van der Waals surface area (Å²) in [7, 11) is 0. The standard InChI is InChI=1S/C5H10O2.H/c6-4-5-2-1-3-7-5;/h5-6H,1-4H2;. The van der Waals surface area contributed by atoms with Crippen molar-refractivity contribution in [3.8, 4) is 0 Å². The molecule has 1 fully saturated rings. The fourth-order valence-corrected chi connectivity index (χ4v) is 0.788. The molecule has 0 aromatic heterocycles. The molecule has 1 aliphatic heterocycles. The van der Waals surface area contributed by atoms with E-state index in [4.69, 9.17) is 9.84 Å². The van der Waals surface area contributed by atoms with Crippen molar-refractivity contribution in [3.05, 3.63) is 0 Å². The number of hydrogen-bond donors (Lipinski definition) is 1. The van der Waals surface area contributed by atoms with Crippen molar-refractivity contribution in [1.82, 2.24) is 0 Å². The van der Waals surface area contributed by atoms with E-state index in [9.17, 15) is 0 Å². The summed E-state index contributed by atoms with van der Waals surface area (Å²) in [5.41, 5.74) is 0. The van der Waals surface area contributed by atoms with E-state index in [-0.39, 0.29) is 14.1 Å².